The van der Waals surface area contributed by atoms with E-state index in [4.69, 9.17) is 16.3 Å². The van der Waals surface area contributed by atoms with E-state index >= 15 is 0 Å². The fourth-order valence-electron chi connectivity index (χ4n) is 1.57. The Labute approximate surface area is 103 Å². The van der Waals surface area contributed by atoms with Gasteiger partial charge < -0.3 is 10.1 Å². The van der Waals surface area contributed by atoms with E-state index in [1.54, 1.807) is 7.11 Å². The standard InChI is InChI=1S/C13H20ClNO/c1-3-5-12(14)10-15-9-11-6-4-7-13(8-11)16-2/h4,6-8,12,15H,3,5,9-10H2,1-2H3. The highest BCUT2D eigenvalue weighted by Gasteiger charge is 2.02. The van der Waals surface area contributed by atoms with Crippen LogP contribution in [0.1, 0.15) is 25.3 Å². The molecule has 0 spiro atoms. The van der Waals surface area contributed by atoms with Crippen molar-refractivity contribution in [2.45, 2.75) is 31.7 Å². The van der Waals surface area contributed by atoms with Crippen molar-refractivity contribution in [3.63, 3.8) is 0 Å². The minimum absolute atomic E-state index is 0.232. The molecule has 0 saturated carbocycles. The van der Waals surface area contributed by atoms with Crippen LogP contribution >= 0.6 is 11.6 Å². The Bertz CT molecular complexity index is 304. The molecule has 1 rings (SSSR count). The zero-order chi connectivity index (χ0) is 11.8. The van der Waals surface area contributed by atoms with Crippen molar-refractivity contribution in [1.29, 1.82) is 0 Å². The lowest BCUT2D eigenvalue weighted by Crippen LogP contribution is -2.22. The highest BCUT2D eigenvalue weighted by Crippen LogP contribution is 2.12. The Hall–Kier alpha value is -0.730. The predicted octanol–water partition coefficient (Wildman–Crippen LogP) is 3.19. The van der Waals surface area contributed by atoms with Crippen LogP contribution in [0.15, 0.2) is 24.3 Å². The maximum absolute atomic E-state index is 6.12. The molecule has 3 heteroatoms. The van der Waals surface area contributed by atoms with Crippen molar-refractivity contribution < 1.29 is 4.74 Å². The Balaban J connectivity index is 2.31. The van der Waals surface area contributed by atoms with E-state index in [0.717, 1.165) is 31.7 Å². The molecule has 1 unspecified atom stereocenters. The molecule has 0 bridgehead atoms. The molecule has 16 heavy (non-hydrogen) atoms. The van der Waals surface area contributed by atoms with Gasteiger partial charge in [0.15, 0.2) is 0 Å². The molecule has 1 aromatic rings. The summed E-state index contributed by atoms with van der Waals surface area (Å²) in [5.74, 6) is 0.898. The van der Waals surface area contributed by atoms with Crippen LogP contribution in [0.4, 0.5) is 0 Å². The maximum Gasteiger partial charge on any atom is 0.119 e. The number of nitrogens with one attached hydrogen (secondary N) is 1. The van der Waals surface area contributed by atoms with Crippen LogP contribution < -0.4 is 10.1 Å². The van der Waals surface area contributed by atoms with Crippen LogP contribution in [0, 0.1) is 0 Å². The van der Waals surface area contributed by atoms with E-state index in [1.165, 1.54) is 5.56 Å². The molecule has 90 valence electrons. The number of halogens is 1. The third-order valence-corrected chi connectivity index (χ3v) is 2.80. The van der Waals surface area contributed by atoms with E-state index in [0.29, 0.717) is 0 Å². The molecule has 0 amide bonds. The first-order valence-corrected chi connectivity index (χ1v) is 6.17. The Morgan fingerprint density at radius 3 is 2.94 bits per heavy atom. The van der Waals surface area contributed by atoms with Crippen LogP contribution in [-0.4, -0.2) is 19.0 Å². The molecule has 0 saturated heterocycles. The second kappa shape index (κ2) is 7.53. The summed E-state index contributed by atoms with van der Waals surface area (Å²) in [6.45, 7) is 3.84. The smallest absolute Gasteiger partial charge is 0.119 e. The number of benzene rings is 1. The average molecular weight is 242 g/mol. The fraction of sp³-hybridized carbons (Fsp3) is 0.538. The number of methoxy groups -OCH3 is 1. The van der Waals surface area contributed by atoms with E-state index in [-0.39, 0.29) is 5.38 Å². The summed E-state index contributed by atoms with van der Waals surface area (Å²) in [5.41, 5.74) is 1.22. The molecule has 0 aliphatic rings. The van der Waals surface area contributed by atoms with Gasteiger partial charge in [0.05, 0.1) is 7.11 Å². The van der Waals surface area contributed by atoms with Crippen LogP contribution in [0.5, 0.6) is 5.75 Å². The minimum Gasteiger partial charge on any atom is -0.497 e. The summed E-state index contributed by atoms with van der Waals surface area (Å²) in [6.07, 6.45) is 2.20. The summed E-state index contributed by atoms with van der Waals surface area (Å²) in [6, 6.07) is 8.07. The molecule has 1 aromatic carbocycles. The first-order valence-electron chi connectivity index (χ1n) is 5.74. The number of rotatable bonds is 7. The second-order valence-corrected chi connectivity index (χ2v) is 4.49. The van der Waals surface area contributed by atoms with Gasteiger partial charge in [-0.2, -0.15) is 0 Å². The average Bonchev–Trinajstić information content (AvgIpc) is 2.30. The molecule has 0 radical (unpaired) electrons. The van der Waals surface area contributed by atoms with Crippen molar-refractivity contribution in [3.05, 3.63) is 29.8 Å². The second-order valence-electron chi connectivity index (χ2n) is 3.87. The largest absolute Gasteiger partial charge is 0.497 e. The predicted molar refractivity (Wildman–Crippen MR) is 69.2 cm³/mol. The zero-order valence-electron chi connectivity index (χ0n) is 10.0. The zero-order valence-corrected chi connectivity index (χ0v) is 10.8. The van der Waals surface area contributed by atoms with E-state index in [9.17, 15) is 0 Å². The third kappa shape index (κ3) is 4.86. The van der Waals surface area contributed by atoms with Crippen LogP contribution in [0.25, 0.3) is 0 Å². The monoisotopic (exact) mass is 241 g/mol. The summed E-state index contributed by atoms with van der Waals surface area (Å²) in [4.78, 5) is 0. The quantitative estimate of drug-likeness (QED) is 0.741. The van der Waals surface area contributed by atoms with Crippen LogP contribution in [-0.2, 0) is 6.54 Å². The molecule has 0 heterocycles. The van der Waals surface area contributed by atoms with Gasteiger partial charge >= 0.3 is 0 Å². The van der Waals surface area contributed by atoms with Gasteiger partial charge in [0.1, 0.15) is 5.75 Å². The third-order valence-electron chi connectivity index (χ3n) is 2.43. The van der Waals surface area contributed by atoms with Crippen molar-refractivity contribution in [2.75, 3.05) is 13.7 Å². The van der Waals surface area contributed by atoms with Gasteiger partial charge in [0.2, 0.25) is 0 Å². The van der Waals surface area contributed by atoms with E-state index in [1.807, 2.05) is 18.2 Å². The Morgan fingerprint density at radius 1 is 1.44 bits per heavy atom. The highest BCUT2D eigenvalue weighted by atomic mass is 35.5. The molecule has 0 aliphatic heterocycles. The SMILES string of the molecule is CCCC(Cl)CNCc1cccc(OC)c1. The van der Waals surface area contributed by atoms with Gasteiger partial charge in [0, 0.05) is 18.5 Å². The molecule has 0 aliphatic carbocycles. The molecule has 0 fully saturated rings. The topological polar surface area (TPSA) is 21.3 Å². The summed E-state index contributed by atoms with van der Waals surface area (Å²) in [7, 11) is 1.68. The maximum atomic E-state index is 6.12. The summed E-state index contributed by atoms with van der Waals surface area (Å²) >= 11 is 6.12. The first-order chi connectivity index (χ1) is 7.76. The van der Waals surface area contributed by atoms with Crippen molar-refractivity contribution in [1.82, 2.24) is 5.32 Å². The number of hydrogen-bond acceptors (Lipinski definition) is 2. The van der Waals surface area contributed by atoms with E-state index in [2.05, 4.69) is 18.3 Å². The number of hydrogen-bond donors (Lipinski definition) is 1. The fourth-order valence-corrected chi connectivity index (χ4v) is 1.90. The first kappa shape index (κ1) is 13.3. The highest BCUT2D eigenvalue weighted by molar-refractivity contribution is 6.20. The van der Waals surface area contributed by atoms with Gasteiger partial charge in [0.25, 0.3) is 0 Å². The normalized spacial score (nSPS) is 12.4. The minimum atomic E-state index is 0.232. The lowest BCUT2D eigenvalue weighted by molar-refractivity contribution is 0.414. The molecular formula is C13H20ClNO. The Morgan fingerprint density at radius 2 is 2.25 bits per heavy atom. The molecular weight excluding hydrogens is 222 g/mol. The van der Waals surface area contributed by atoms with Crippen LogP contribution in [0.3, 0.4) is 0 Å². The summed E-state index contributed by atoms with van der Waals surface area (Å²) in [5, 5.41) is 3.58. The van der Waals surface area contributed by atoms with Crippen molar-refractivity contribution in [2.24, 2.45) is 0 Å². The summed E-state index contributed by atoms with van der Waals surface area (Å²) < 4.78 is 5.17. The number of alkyl halides is 1. The van der Waals surface area contributed by atoms with Gasteiger partial charge in [-0.25, -0.2) is 0 Å². The molecule has 0 aromatic heterocycles. The number of ether oxygens (including phenoxy) is 1. The van der Waals surface area contributed by atoms with Gasteiger partial charge in [-0.05, 0) is 24.1 Å². The van der Waals surface area contributed by atoms with Crippen molar-refractivity contribution >= 4 is 11.6 Å². The molecule has 1 atom stereocenters. The van der Waals surface area contributed by atoms with E-state index < -0.39 is 0 Å². The van der Waals surface area contributed by atoms with Crippen molar-refractivity contribution in [3.8, 4) is 5.75 Å². The van der Waals surface area contributed by atoms with Gasteiger partial charge in [-0.3, -0.25) is 0 Å². The van der Waals surface area contributed by atoms with Crippen LogP contribution in [0.2, 0.25) is 0 Å². The van der Waals surface area contributed by atoms with Gasteiger partial charge in [-0.1, -0.05) is 25.5 Å². The lowest BCUT2D eigenvalue weighted by atomic mass is 10.2. The van der Waals surface area contributed by atoms with Gasteiger partial charge in [-0.15, -0.1) is 11.6 Å². The lowest BCUT2D eigenvalue weighted by Gasteiger charge is -2.10. The molecule has 1 N–H and O–H groups in total. The molecule has 2 nitrogen and oxygen atoms in total. The Kier molecular flexibility index (Phi) is 6.27.